The highest BCUT2D eigenvalue weighted by Gasteiger charge is 2.41. The third-order valence-corrected chi connectivity index (χ3v) is 4.50. The van der Waals surface area contributed by atoms with Gasteiger partial charge in [-0.25, -0.2) is 4.98 Å². The normalized spacial score (nSPS) is 28.7. The lowest BCUT2D eigenvalue weighted by Crippen LogP contribution is -2.41. The Morgan fingerprint density at radius 3 is 3.12 bits per heavy atom. The van der Waals surface area contributed by atoms with E-state index in [1.165, 1.54) is 11.4 Å². The first-order valence-corrected chi connectivity index (χ1v) is 7.35. The second-order valence-corrected chi connectivity index (χ2v) is 5.88. The van der Waals surface area contributed by atoms with E-state index in [9.17, 15) is 0 Å². The van der Waals surface area contributed by atoms with E-state index in [1.54, 1.807) is 11.3 Å². The Bertz CT molecular complexity index is 328. The van der Waals surface area contributed by atoms with Gasteiger partial charge in [0.05, 0.1) is 11.1 Å². The van der Waals surface area contributed by atoms with Gasteiger partial charge in [-0.3, -0.25) is 0 Å². The summed E-state index contributed by atoms with van der Waals surface area (Å²) < 4.78 is 5.79. The number of hydrogen-bond acceptors (Lipinski definition) is 4. The van der Waals surface area contributed by atoms with Crippen LogP contribution >= 0.6 is 11.3 Å². The second kappa shape index (κ2) is 5.94. The van der Waals surface area contributed by atoms with Gasteiger partial charge in [0.1, 0.15) is 0 Å². The van der Waals surface area contributed by atoms with E-state index in [4.69, 9.17) is 4.74 Å². The number of aromatic nitrogens is 1. The fourth-order valence-corrected chi connectivity index (χ4v) is 3.27. The van der Waals surface area contributed by atoms with Crippen LogP contribution in [0.15, 0.2) is 11.6 Å². The lowest BCUT2D eigenvalue weighted by molar-refractivity contribution is 0.0631. The van der Waals surface area contributed by atoms with Crippen molar-refractivity contribution in [3.05, 3.63) is 16.6 Å². The number of thiazole rings is 1. The Labute approximate surface area is 108 Å². The van der Waals surface area contributed by atoms with Gasteiger partial charge in [0, 0.05) is 36.6 Å². The molecule has 3 nitrogen and oxygen atoms in total. The molecule has 1 aromatic heterocycles. The van der Waals surface area contributed by atoms with Crippen LogP contribution in [0, 0.1) is 5.41 Å². The van der Waals surface area contributed by atoms with E-state index in [0.29, 0.717) is 6.10 Å². The van der Waals surface area contributed by atoms with Gasteiger partial charge in [-0.2, -0.15) is 0 Å². The Balaban J connectivity index is 2.02. The van der Waals surface area contributed by atoms with E-state index in [0.717, 1.165) is 32.5 Å². The molecule has 0 bridgehead atoms. The van der Waals surface area contributed by atoms with Gasteiger partial charge in [-0.1, -0.05) is 6.92 Å². The fourth-order valence-electron chi connectivity index (χ4n) is 2.50. The van der Waals surface area contributed by atoms with Gasteiger partial charge in [-0.15, -0.1) is 11.3 Å². The summed E-state index contributed by atoms with van der Waals surface area (Å²) in [6.07, 6.45) is 5.60. The molecule has 0 saturated carbocycles. The highest BCUT2D eigenvalue weighted by Crippen LogP contribution is 2.38. The summed E-state index contributed by atoms with van der Waals surface area (Å²) in [7, 11) is 0. The lowest BCUT2D eigenvalue weighted by atomic mass is 9.78. The monoisotopic (exact) mass is 254 g/mol. The van der Waals surface area contributed by atoms with Gasteiger partial charge in [-0.05, 0) is 26.3 Å². The van der Waals surface area contributed by atoms with Crippen molar-refractivity contribution in [3.63, 3.8) is 0 Å². The minimum atomic E-state index is 0.243. The van der Waals surface area contributed by atoms with Crippen LogP contribution in [0.25, 0.3) is 0 Å². The van der Waals surface area contributed by atoms with Crippen LogP contribution in [0.3, 0.4) is 0 Å². The fraction of sp³-hybridized carbons (Fsp3) is 0.769. The molecule has 0 spiro atoms. The second-order valence-electron chi connectivity index (χ2n) is 4.90. The quantitative estimate of drug-likeness (QED) is 0.792. The summed E-state index contributed by atoms with van der Waals surface area (Å²) in [5.41, 5.74) is 0.243. The van der Waals surface area contributed by atoms with Crippen LogP contribution in [-0.2, 0) is 11.2 Å². The average Bonchev–Trinajstić information content (AvgIpc) is 2.92. The predicted molar refractivity (Wildman–Crippen MR) is 71.4 cm³/mol. The van der Waals surface area contributed by atoms with Gasteiger partial charge in [0.2, 0.25) is 0 Å². The van der Waals surface area contributed by atoms with E-state index in [1.807, 2.05) is 6.20 Å². The summed E-state index contributed by atoms with van der Waals surface area (Å²) in [6.45, 7) is 7.43. The van der Waals surface area contributed by atoms with Crippen LogP contribution in [0.4, 0.5) is 0 Å². The number of ether oxygens (including phenoxy) is 1. The average molecular weight is 254 g/mol. The van der Waals surface area contributed by atoms with Gasteiger partial charge in [0.15, 0.2) is 0 Å². The molecule has 0 radical (unpaired) electrons. The van der Waals surface area contributed by atoms with Crippen LogP contribution in [0.2, 0.25) is 0 Å². The van der Waals surface area contributed by atoms with E-state index >= 15 is 0 Å². The van der Waals surface area contributed by atoms with Crippen molar-refractivity contribution >= 4 is 11.3 Å². The third-order valence-electron chi connectivity index (χ3n) is 3.72. The van der Waals surface area contributed by atoms with Crippen LogP contribution in [0.5, 0.6) is 0 Å². The summed E-state index contributed by atoms with van der Waals surface area (Å²) in [4.78, 5) is 4.42. The standard InChI is InChI=1S/C13H22N2OS/c1-3-5-14-10-13(4-7-16-11(13)2)9-12-15-6-8-17-12/h6,8,11,14H,3-5,7,9-10H2,1-2H3. The molecule has 1 aliphatic rings. The largest absolute Gasteiger partial charge is 0.378 e. The molecule has 17 heavy (non-hydrogen) atoms. The highest BCUT2D eigenvalue weighted by atomic mass is 32.1. The Morgan fingerprint density at radius 1 is 1.65 bits per heavy atom. The molecule has 0 aromatic carbocycles. The van der Waals surface area contributed by atoms with Crippen molar-refractivity contribution in [1.82, 2.24) is 10.3 Å². The topological polar surface area (TPSA) is 34.2 Å². The number of nitrogens with zero attached hydrogens (tertiary/aromatic N) is 1. The van der Waals surface area contributed by atoms with Crippen LogP contribution in [-0.4, -0.2) is 30.8 Å². The predicted octanol–water partition coefficient (Wildman–Crippen LogP) is 2.48. The molecular formula is C13H22N2OS. The smallest absolute Gasteiger partial charge is 0.0931 e. The zero-order valence-electron chi connectivity index (χ0n) is 10.7. The molecule has 1 aliphatic heterocycles. The molecule has 1 fully saturated rings. The van der Waals surface area contributed by atoms with E-state index in [-0.39, 0.29) is 5.41 Å². The van der Waals surface area contributed by atoms with Gasteiger partial charge in [0.25, 0.3) is 0 Å². The molecule has 4 heteroatoms. The zero-order valence-corrected chi connectivity index (χ0v) is 11.6. The number of hydrogen-bond donors (Lipinski definition) is 1. The summed E-state index contributed by atoms with van der Waals surface area (Å²) in [5.74, 6) is 0. The number of nitrogens with one attached hydrogen (secondary N) is 1. The maximum Gasteiger partial charge on any atom is 0.0931 e. The van der Waals surface area contributed by atoms with Crippen molar-refractivity contribution in [1.29, 1.82) is 0 Å². The summed E-state index contributed by atoms with van der Waals surface area (Å²) in [5, 5.41) is 6.85. The van der Waals surface area contributed by atoms with Crippen LogP contribution in [0.1, 0.15) is 31.7 Å². The summed E-state index contributed by atoms with van der Waals surface area (Å²) >= 11 is 1.76. The zero-order chi connectivity index (χ0) is 12.1. The van der Waals surface area contributed by atoms with Crippen molar-refractivity contribution in [2.45, 2.75) is 39.2 Å². The SMILES string of the molecule is CCCNCC1(Cc2nccs2)CCOC1C. The highest BCUT2D eigenvalue weighted by molar-refractivity contribution is 7.09. The molecule has 1 saturated heterocycles. The van der Waals surface area contributed by atoms with Crippen molar-refractivity contribution in [2.75, 3.05) is 19.7 Å². The maximum atomic E-state index is 5.79. The maximum absolute atomic E-state index is 5.79. The van der Waals surface area contributed by atoms with E-state index in [2.05, 4.69) is 29.5 Å². The summed E-state index contributed by atoms with van der Waals surface area (Å²) in [6, 6.07) is 0. The first-order chi connectivity index (χ1) is 8.27. The van der Waals surface area contributed by atoms with Gasteiger partial charge >= 0.3 is 0 Å². The Morgan fingerprint density at radius 2 is 2.53 bits per heavy atom. The molecule has 2 unspecified atom stereocenters. The first kappa shape index (κ1) is 13.0. The third kappa shape index (κ3) is 3.06. The molecule has 96 valence electrons. The minimum absolute atomic E-state index is 0.243. The van der Waals surface area contributed by atoms with Crippen molar-refractivity contribution in [2.24, 2.45) is 5.41 Å². The Kier molecular flexibility index (Phi) is 4.54. The minimum Gasteiger partial charge on any atom is -0.378 e. The van der Waals surface area contributed by atoms with Crippen molar-refractivity contribution in [3.8, 4) is 0 Å². The van der Waals surface area contributed by atoms with Crippen molar-refractivity contribution < 1.29 is 4.74 Å². The molecule has 1 aromatic rings. The first-order valence-electron chi connectivity index (χ1n) is 6.47. The van der Waals surface area contributed by atoms with Crippen LogP contribution < -0.4 is 5.32 Å². The van der Waals surface area contributed by atoms with E-state index < -0.39 is 0 Å². The molecule has 1 N–H and O–H groups in total. The molecule has 0 amide bonds. The lowest BCUT2D eigenvalue weighted by Gasteiger charge is -2.31. The molecule has 2 atom stereocenters. The van der Waals surface area contributed by atoms with Gasteiger partial charge < -0.3 is 10.1 Å². The molecule has 2 heterocycles. The number of rotatable bonds is 6. The molecular weight excluding hydrogens is 232 g/mol. The molecule has 0 aliphatic carbocycles. The molecule has 2 rings (SSSR count). The Hall–Kier alpha value is -0.450.